The van der Waals surface area contributed by atoms with Gasteiger partial charge in [0.15, 0.2) is 0 Å². The van der Waals surface area contributed by atoms with E-state index < -0.39 is 5.91 Å². The van der Waals surface area contributed by atoms with Crippen molar-refractivity contribution < 1.29 is 19.4 Å². The maximum atomic E-state index is 13.8. The second-order valence-corrected chi connectivity index (χ2v) is 9.07. The maximum absolute atomic E-state index is 13.8. The van der Waals surface area contributed by atoms with E-state index in [0.29, 0.717) is 11.2 Å². The van der Waals surface area contributed by atoms with E-state index in [1.54, 1.807) is 11.0 Å². The molecule has 0 saturated heterocycles. The third-order valence-electron chi connectivity index (χ3n) is 6.39. The second-order valence-electron chi connectivity index (χ2n) is 9.07. The van der Waals surface area contributed by atoms with Crippen LogP contribution in [-0.2, 0) is 6.54 Å². The minimum Gasteiger partial charge on any atom is -0.508 e. The third-order valence-corrected chi connectivity index (χ3v) is 6.39. The minimum atomic E-state index is -0.399. The lowest BCUT2D eigenvalue weighted by atomic mass is 9.99. The van der Waals surface area contributed by atoms with E-state index in [-0.39, 0.29) is 29.4 Å². The zero-order valence-electron chi connectivity index (χ0n) is 20.4. The second kappa shape index (κ2) is 9.74. The number of carbonyl (C=O) groups is 1. The van der Waals surface area contributed by atoms with Crippen molar-refractivity contribution in [2.45, 2.75) is 20.4 Å². The third kappa shape index (κ3) is 4.86. The van der Waals surface area contributed by atoms with E-state index in [0.717, 1.165) is 39.4 Å². The van der Waals surface area contributed by atoms with Gasteiger partial charge in [0.05, 0.1) is 23.3 Å². The highest BCUT2D eigenvalue weighted by molar-refractivity contribution is 6.08. The number of aryl methyl sites for hydroxylation is 2. The molecule has 0 bridgehead atoms. The summed E-state index contributed by atoms with van der Waals surface area (Å²) >= 11 is 0. The van der Waals surface area contributed by atoms with E-state index in [9.17, 15) is 19.4 Å². The summed E-state index contributed by atoms with van der Waals surface area (Å²) in [5.74, 6) is -1.15. The SMILES string of the molecule is Cc1cc(N(Cc2ccccc2)C(=O)c2ccc(O)cc2O)ccc1-c1nc2cc(F)ccc2cc1C. The highest BCUT2D eigenvalue weighted by atomic mass is 19.1. The van der Waals surface area contributed by atoms with Crippen LogP contribution in [0.3, 0.4) is 0 Å². The van der Waals surface area contributed by atoms with Crippen LogP contribution < -0.4 is 4.90 Å². The summed E-state index contributed by atoms with van der Waals surface area (Å²) < 4.78 is 13.8. The van der Waals surface area contributed by atoms with E-state index in [1.807, 2.05) is 68.4 Å². The molecule has 5 rings (SSSR count). The molecule has 1 amide bonds. The molecule has 0 spiro atoms. The summed E-state index contributed by atoms with van der Waals surface area (Å²) in [6, 6.07) is 25.7. The van der Waals surface area contributed by atoms with Crippen LogP contribution in [0.1, 0.15) is 27.0 Å². The Hall–Kier alpha value is -4.71. The van der Waals surface area contributed by atoms with Crippen molar-refractivity contribution in [2.24, 2.45) is 0 Å². The molecule has 6 heteroatoms. The fourth-order valence-electron chi connectivity index (χ4n) is 4.49. The normalized spacial score (nSPS) is 11.0. The molecule has 0 radical (unpaired) electrons. The Morgan fingerprint density at radius 2 is 1.65 bits per heavy atom. The molecule has 0 aliphatic rings. The quantitative estimate of drug-likeness (QED) is 0.279. The van der Waals surface area contributed by atoms with Gasteiger partial charge in [-0.3, -0.25) is 4.79 Å². The van der Waals surface area contributed by atoms with E-state index in [4.69, 9.17) is 4.98 Å². The summed E-state index contributed by atoms with van der Waals surface area (Å²) in [5, 5.41) is 20.9. The van der Waals surface area contributed by atoms with Gasteiger partial charge >= 0.3 is 0 Å². The minimum absolute atomic E-state index is 0.0875. The predicted molar refractivity (Wildman–Crippen MR) is 143 cm³/mol. The molecule has 0 aliphatic carbocycles. The lowest BCUT2D eigenvalue weighted by Gasteiger charge is -2.25. The molecule has 0 fully saturated rings. The van der Waals surface area contributed by atoms with Crippen LogP contribution in [-0.4, -0.2) is 21.1 Å². The Morgan fingerprint density at radius 3 is 2.38 bits per heavy atom. The molecule has 1 aromatic heterocycles. The molecule has 5 nitrogen and oxygen atoms in total. The van der Waals surface area contributed by atoms with Crippen LogP contribution in [0.4, 0.5) is 10.1 Å². The number of nitrogens with zero attached hydrogens (tertiary/aromatic N) is 2. The Kier molecular flexibility index (Phi) is 6.32. The van der Waals surface area contributed by atoms with E-state index in [1.165, 1.54) is 24.3 Å². The zero-order valence-corrected chi connectivity index (χ0v) is 20.4. The average molecular weight is 493 g/mol. The molecular weight excluding hydrogens is 467 g/mol. The number of halogens is 1. The highest BCUT2D eigenvalue weighted by Gasteiger charge is 2.22. The van der Waals surface area contributed by atoms with Gasteiger partial charge in [-0.1, -0.05) is 36.4 Å². The summed E-state index contributed by atoms with van der Waals surface area (Å²) in [7, 11) is 0. The molecule has 0 saturated carbocycles. The summed E-state index contributed by atoms with van der Waals surface area (Å²) in [6.45, 7) is 4.20. The van der Waals surface area contributed by atoms with E-state index in [2.05, 4.69) is 0 Å². The predicted octanol–water partition coefficient (Wildman–Crippen LogP) is 6.92. The number of aromatic nitrogens is 1. The Morgan fingerprint density at radius 1 is 0.865 bits per heavy atom. The number of phenols is 2. The summed E-state index contributed by atoms with van der Waals surface area (Å²) in [4.78, 5) is 19.9. The molecule has 184 valence electrons. The summed E-state index contributed by atoms with van der Waals surface area (Å²) in [6.07, 6.45) is 0. The number of fused-ring (bicyclic) bond motifs is 1. The fourth-order valence-corrected chi connectivity index (χ4v) is 4.49. The van der Waals surface area contributed by atoms with Gasteiger partial charge in [-0.05, 0) is 73.0 Å². The number of rotatable bonds is 5. The largest absolute Gasteiger partial charge is 0.508 e. The number of aromatic hydroxyl groups is 2. The van der Waals surface area contributed by atoms with E-state index >= 15 is 0 Å². The number of pyridine rings is 1. The first-order valence-corrected chi connectivity index (χ1v) is 11.9. The van der Waals surface area contributed by atoms with Crippen molar-refractivity contribution in [3.8, 4) is 22.8 Å². The molecule has 2 N–H and O–H groups in total. The number of carbonyl (C=O) groups excluding carboxylic acids is 1. The topological polar surface area (TPSA) is 73.7 Å². The van der Waals surface area contributed by atoms with Gasteiger partial charge in [0.1, 0.15) is 17.3 Å². The number of hydrogen-bond acceptors (Lipinski definition) is 4. The van der Waals surface area contributed by atoms with Gasteiger partial charge in [-0.2, -0.15) is 0 Å². The van der Waals surface area contributed by atoms with Crippen molar-refractivity contribution in [1.29, 1.82) is 0 Å². The van der Waals surface area contributed by atoms with Gasteiger partial charge in [0.2, 0.25) is 0 Å². The highest BCUT2D eigenvalue weighted by Crippen LogP contribution is 2.33. The molecule has 0 aliphatic heterocycles. The number of benzene rings is 4. The van der Waals surface area contributed by atoms with Crippen LogP contribution in [0.2, 0.25) is 0 Å². The van der Waals surface area contributed by atoms with Crippen LogP contribution in [0, 0.1) is 19.7 Å². The van der Waals surface area contributed by atoms with Crippen molar-refractivity contribution in [3.05, 3.63) is 119 Å². The number of phenolic OH excluding ortho intramolecular Hbond substituents is 2. The average Bonchev–Trinajstić information content (AvgIpc) is 2.87. The maximum Gasteiger partial charge on any atom is 0.262 e. The van der Waals surface area contributed by atoms with Gasteiger partial charge in [-0.25, -0.2) is 9.37 Å². The Labute approximate surface area is 214 Å². The first-order chi connectivity index (χ1) is 17.8. The van der Waals surface area contributed by atoms with Crippen LogP contribution in [0.5, 0.6) is 11.5 Å². The van der Waals surface area contributed by atoms with Crippen LogP contribution in [0.15, 0.2) is 91.0 Å². The number of amides is 1. The number of anilines is 1. The molecule has 0 unspecified atom stereocenters. The Balaban J connectivity index is 1.57. The molecule has 37 heavy (non-hydrogen) atoms. The molecule has 1 heterocycles. The first-order valence-electron chi connectivity index (χ1n) is 11.9. The van der Waals surface area contributed by atoms with Crippen molar-refractivity contribution >= 4 is 22.5 Å². The lowest BCUT2D eigenvalue weighted by Crippen LogP contribution is -2.30. The fraction of sp³-hybridized carbons (Fsp3) is 0.0968. The van der Waals surface area contributed by atoms with Gasteiger partial charge in [0, 0.05) is 28.8 Å². The smallest absolute Gasteiger partial charge is 0.262 e. The van der Waals surface area contributed by atoms with Gasteiger partial charge in [-0.15, -0.1) is 0 Å². The van der Waals surface area contributed by atoms with Crippen molar-refractivity contribution in [2.75, 3.05) is 4.90 Å². The van der Waals surface area contributed by atoms with Crippen LogP contribution >= 0.6 is 0 Å². The van der Waals surface area contributed by atoms with Crippen molar-refractivity contribution in [3.63, 3.8) is 0 Å². The van der Waals surface area contributed by atoms with Gasteiger partial charge < -0.3 is 15.1 Å². The zero-order chi connectivity index (χ0) is 26.1. The molecule has 4 aromatic carbocycles. The summed E-state index contributed by atoms with van der Waals surface area (Å²) in [5.41, 5.74) is 5.71. The number of hydrogen-bond donors (Lipinski definition) is 2. The first kappa shape index (κ1) is 24.0. The Bertz CT molecular complexity index is 1630. The monoisotopic (exact) mass is 492 g/mol. The standard InChI is InChI=1S/C31H25FN2O3/c1-19-15-24(10-12-26(19)30-20(2)14-22-8-9-23(32)16-28(22)33-30)34(18-21-6-4-3-5-7-21)31(37)27-13-11-25(35)17-29(27)36/h3-17,35-36H,18H2,1-2H3. The van der Waals surface area contributed by atoms with Crippen LogP contribution in [0.25, 0.3) is 22.2 Å². The van der Waals surface area contributed by atoms with Crippen molar-refractivity contribution in [1.82, 2.24) is 4.98 Å². The van der Waals surface area contributed by atoms with Gasteiger partial charge in [0.25, 0.3) is 5.91 Å². The lowest BCUT2D eigenvalue weighted by molar-refractivity contribution is 0.0982. The molecular formula is C31H25FN2O3. The molecule has 0 atom stereocenters. The molecule has 5 aromatic rings.